The first-order chi connectivity index (χ1) is 4.96. The van der Waals surface area contributed by atoms with Crippen LogP contribution >= 0.6 is 0 Å². The van der Waals surface area contributed by atoms with Crippen molar-refractivity contribution in [2.24, 2.45) is 17.3 Å². The second-order valence-electron chi connectivity index (χ2n) is 4.45. The highest BCUT2D eigenvalue weighted by atomic mass is 14.6. The van der Waals surface area contributed by atoms with Crippen LogP contribution in [0.1, 0.15) is 34.6 Å². The fraction of sp³-hybridized carbons (Fsp3) is 0.727. The van der Waals surface area contributed by atoms with Gasteiger partial charge in [0.15, 0.2) is 0 Å². The third kappa shape index (κ3) is 1.57. The van der Waals surface area contributed by atoms with Crippen LogP contribution in [0.15, 0.2) is 17.4 Å². The zero-order valence-corrected chi connectivity index (χ0v) is 8.23. The maximum Gasteiger partial charge on any atom is -0.00723 e. The molecule has 2 atom stereocenters. The number of hydrogen-bond acceptors (Lipinski definition) is 0. The Hall–Kier alpha value is -0.480. The topological polar surface area (TPSA) is 0 Å². The van der Waals surface area contributed by atoms with Crippen LogP contribution in [-0.4, -0.2) is 0 Å². The minimum Gasteiger partial charge on any atom is -0.126 e. The summed E-state index contributed by atoms with van der Waals surface area (Å²) < 4.78 is 0. The number of rotatable bonds is 1. The Kier molecular flexibility index (Phi) is 1.98. The molecule has 1 aliphatic rings. The fourth-order valence-electron chi connectivity index (χ4n) is 1.56. The Morgan fingerprint density at radius 3 is 2.09 bits per heavy atom. The van der Waals surface area contributed by atoms with Gasteiger partial charge in [0.2, 0.25) is 0 Å². The Balaban J connectivity index is 2.64. The van der Waals surface area contributed by atoms with Crippen molar-refractivity contribution in [3.63, 3.8) is 0 Å². The van der Waals surface area contributed by atoms with E-state index in [4.69, 9.17) is 0 Å². The van der Waals surface area contributed by atoms with E-state index in [-0.39, 0.29) is 0 Å². The van der Waals surface area contributed by atoms with Crippen molar-refractivity contribution in [1.82, 2.24) is 0 Å². The van der Waals surface area contributed by atoms with Crippen molar-refractivity contribution in [1.29, 1.82) is 0 Å². The maximum absolute atomic E-state index is 3.29. The number of allylic oxidation sites excluding steroid dienone is 1. The molecular weight excluding hydrogens is 132 g/mol. The molecule has 2 unspecified atom stereocenters. The molecule has 0 heteroatoms. The summed E-state index contributed by atoms with van der Waals surface area (Å²) in [5.74, 6) is 1.60. The van der Waals surface area contributed by atoms with Crippen LogP contribution in [-0.2, 0) is 0 Å². The lowest BCUT2D eigenvalue weighted by molar-refractivity contribution is 0.570. The van der Waals surface area contributed by atoms with Gasteiger partial charge in [0.05, 0.1) is 0 Å². The van der Waals surface area contributed by atoms with Crippen LogP contribution in [0.5, 0.6) is 0 Å². The Morgan fingerprint density at radius 2 is 1.82 bits per heavy atom. The molecule has 0 aromatic heterocycles. The zero-order valence-electron chi connectivity index (χ0n) is 8.23. The molecule has 1 rings (SSSR count). The van der Waals surface area contributed by atoms with E-state index in [9.17, 15) is 0 Å². The van der Waals surface area contributed by atoms with E-state index in [1.54, 1.807) is 0 Å². The third-order valence-electron chi connectivity index (χ3n) is 3.01. The van der Waals surface area contributed by atoms with Gasteiger partial charge in [-0.05, 0) is 42.7 Å². The molecule has 1 saturated carbocycles. The van der Waals surface area contributed by atoms with Gasteiger partial charge in [0, 0.05) is 0 Å². The second kappa shape index (κ2) is 2.53. The van der Waals surface area contributed by atoms with Crippen LogP contribution in [0.2, 0.25) is 0 Å². The summed E-state index contributed by atoms with van der Waals surface area (Å²) >= 11 is 0. The van der Waals surface area contributed by atoms with Crippen LogP contribution in [0.4, 0.5) is 0 Å². The number of hydrogen-bond donors (Lipinski definition) is 0. The lowest BCUT2D eigenvalue weighted by atomic mass is 10.1. The molecule has 0 amide bonds. The van der Waals surface area contributed by atoms with E-state index in [1.165, 1.54) is 5.57 Å². The standard InChI is InChI=1S/C11H18/c1-8(2)6-7-10-9(3)11(10,4)5/h7,9-10H,1-5H3. The zero-order chi connectivity index (χ0) is 8.65. The van der Waals surface area contributed by atoms with Gasteiger partial charge in [-0.2, -0.15) is 0 Å². The highest BCUT2D eigenvalue weighted by Crippen LogP contribution is 2.58. The molecule has 0 aromatic rings. The molecule has 62 valence electrons. The van der Waals surface area contributed by atoms with Crippen molar-refractivity contribution < 1.29 is 0 Å². The molecule has 0 saturated heterocycles. The highest BCUT2D eigenvalue weighted by Gasteiger charge is 2.52. The lowest BCUT2D eigenvalue weighted by Gasteiger charge is -1.95. The molecule has 0 heterocycles. The van der Waals surface area contributed by atoms with Crippen molar-refractivity contribution >= 4 is 0 Å². The minimum atomic E-state index is 0.530. The molecule has 0 aromatic carbocycles. The van der Waals surface area contributed by atoms with E-state index in [0.29, 0.717) is 5.41 Å². The molecule has 0 aliphatic heterocycles. The predicted molar refractivity (Wildman–Crippen MR) is 49.4 cm³/mol. The van der Waals surface area contributed by atoms with Gasteiger partial charge >= 0.3 is 0 Å². The third-order valence-corrected chi connectivity index (χ3v) is 3.01. The van der Waals surface area contributed by atoms with E-state index in [0.717, 1.165) is 11.8 Å². The average Bonchev–Trinajstić information content (AvgIpc) is 2.30. The summed E-state index contributed by atoms with van der Waals surface area (Å²) in [5.41, 5.74) is 5.09. The lowest BCUT2D eigenvalue weighted by Crippen LogP contribution is -1.86. The van der Waals surface area contributed by atoms with Crippen molar-refractivity contribution in [2.45, 2.75) is 34.6 Å². The molecule has 1 fully saturated rings. The average molecular weight is 150 g/mol. The van der Waals surface area contributed by atoms with Crippen LogP contribution in [0.25, 0.3) is 0 Å². The van der Waals surface area contributed by atoms with Crippen molar-refractivity contribution in [2.75, 3.05) is 0 Å². The van der Waals surface area contributed by atoms with Gasteiger partial charge < -0.3 is 0 Å². The van der Waals surface area contributed by atoms with Crippen molar-refractivity contribution in [3.8, 4) is 0 Å². The van der Waals surface area contributed by atoms with Crippen LogP contribution < -0.4 is 0 Å². The predicted octanol–water partition coefficient (Wildman–Crippen LogP) is 3.40. The monoisotopic (exact) mass is 150 g/mol. The molecule has 11 heavy (non-hydrogen) atoms. The van der Waals surface area contributed by atoms with Gasteiger partial charge in [-0.3, -0.25) is 0 Å². The van der Waals surface area contributed by atoms with Crippen molar-refractivity contribution in [3.05, 3.63) is 17.4 Å². The Bertz CT molecular complexity index is 210. The van der Waals surface area contributed by atoms with Gasteiger partial charge in [0.25, 0.3) is 0 Å². The minimum absolute atomic E-state index is 0.530. The van der Waals surface area contributed by atoms with E-state index in [1.807, 2.05) is 0 Å². The first-order valence-electron chi connectivity index (χ1n) is 4.36. The summed E-state index contributed by atoms with van der Waals surface area (Å²) in [7, 11) is 0. The summed E-state index contributed by atoms with van der Waals surface area (Å²) in [6.45, 7) is 11.2. The van der Waals surface area contributed by atoms with Crippen LogP contribution in [0, 0.1) is 17.3 Å². The van der Waals surface area contributed by atoms with E-state index in [2.05, 4.69) is 46.4 Å². The quantitative estimate of drug-likeness (QED) is 0.502. The molecule has 0 nitrogen and oxygen atoms in total. The maximum atomic E-state index is 3.29. The summed E-state index contributed by atoms with van der Waals surface area (Å²) in [4.78, 5) is 0. The molecular formula is C11H18. The van der Waals surface area contributed by atoms with E-state index >= 15 is 0 Å². The van der Waals surface area contributed by atoms with Crippen LogP contribution in [0.3, 0.4) is 0 Å². The summed E-state index contributed by atoms with van der Waals surface area (Å²) in [5, 5.41) is 0. The fourth-order valence-corrected chi connectivity index (χ4v) is 1.56. The largest absolute Gasteiger partial charge is 0.126 e. The summed E-state index contributed by atoms with van der Waals surface area (Å²) in [6, 6.07) is 0. The normalized spacial score (nSPS) is 32.5. The first-order valence-corrected chi connectivity index (χ1v) is 4.36. The Morgan fingerprint density at radius 1 is 1.36 bits per heavy atom. The molecule has 0 radical (unpaired) electrons. The van der Waals surface area contributed by atoms with Gasteiger partial charge in [-0.25, -0.2) is 0 Å². The SMILES string of the molecule is CC(C)=C=CC1C(C)C1(C)C. The Labute approximate surface area is 70.0 Å². The van der Waals surface area contributed by atoms with Gasteiger partial charge in [-0.15, -0.1) is 5.73 Å². The smallest absolute Gasteiger partial charge is 0.00723 e. The van der Waals surface area contributed by atoms with E-state index < -0.39 is 0 Å². The van der Waals surface area contributed by atoms with Gasteiger partial charge in [0.1, 0.15) is 0 Å². The first kappa shape index (κ1) is 8.62. The molecule has 0 bridgehead atoms. The molecule has 0 N–H and O–H groups in total. The summed E-state index contributed by atoms with van der Waals surface area (Å²) in [6.07, 6.45) is 2.24. The van der Waals surface area contributed by atoms with Gasteiger partial charge in [-0.1, -0.05) is 20.8 Å². The molecule has 0 spiro atoms. The molecule has 1 aliphatic carbocycles. The second-order valence-corrected chi connectivity index (χ2v) is 4.45. The highest BCUT2D eigenvalue weighted by molar-refractivity contribution is 5.13.